The van der Waals surface area contributed by atoms with Crippen molar-refractivity contribution in [1.29, 1.82) is 0 Å². The number of nitrogens with zero attached hydrogens (tertiary/aromatic N) is 2. The van der Waals surface area contributed by atoms with Crippen molar-refractivity contribution in [2.45, 2.75) is 38.6 Å². The Morgan fingerprint density at radius 2 is 2.29 bits per heavy atom. The highest BCUT2D eigenvalue weighted by molar-refractivity contribution is 4.98. The summed E-state index contributed by atoms with van der Waals surface area (Å²) in [4.78, 5) is 4.17. The van der Waals surface area contributed by atoms with Gasteiger partial charge in [-0.2, -0.15) is 0 Å². The van der Waals surface area contributed by atoms with Gasteiger partial charge in [-0.3, -0.25) is 0 Å². The standard InChI is InChI=1S/C11H19N3/c1-9-7-13-8-14(9)11(6-12)10-4-2-3-5-10/h7-8,10-11H,2-6,12H2,1H3. The summed E-state index contributed by atoms with van der Waals surface area (Å²) < 4.78 is 2.25. The lowest BCUT2D eigenvalue weighted by Gasteiger charge is -2.24. The van der Waals surface area contributed by atoms with Crippen LogP contribution in [0, 0.1) is 12.8 Å². The fraction of sp³-hybridized carbons (Fsp3) is 0.727. The van der Waals surface area contributed by atoms with Crippen LogP contribution in [-0.4, -0.2) is 16.1 Å². The molecule has 3 heteroatoms. The predicted molar refractivity (Wildman–Crippen MR) is 57.0 cm³/mol. The summed E-state index contributed by atoms with van der Waals surface area (Å²) in [5, 5.41) is 0. The van der Waals surface area contributed by atoms with E-state index in [9.17, 15) is 0 Å². The zero-order valence-corrected chi connectivity index (χ0v) is 8.82. The lowest BCUT2D eigenvalue weighted by Crippen LogP contribution is -2.25. The van der Waals surface area contributed by atoms with E-state index in [-0.39, 0.29) is 0 Å². The summed E-state index contributed by atoms with van der Waals surface area (Å²) >= 11 is 0. The van der Waals surface area contributed by atoms with Gasteiger partial charge in [-0.15, -0.1) is 0 Å². The number of rotatable bonds is 3. The molecule has 0 bridgehead atoms. The van der Waals surface area contributed by atoms with Crippen LogP contribution in [0.2, 0.25) is 0 Å². The molecule has 1 fully saturated rings. The van der Waals surface area contributed by atoms with E-state index in [1.165, 1.54) is 31.4 Å². The topological polar surface area (TPSA) is 43.8 Å². The Kier molecular flexibility index (Phi) is 2.87. The Morgan fingerprint density at radius 1 is 1.57 bits per heavy atom. The van der Waals surface area contributed by atoms with E-state index in [1.807, 2.05) is 12.5 Å². The second-order valence-corrected chi connectivity index (χ2v) is 4.29. The Morgan fingerprint density at radius 3 is 2.79 bits per heavy atom. The van der Waals surface area contributed by atoms with E-state index in [0.29, 0.717) is 6.04 Å². The van der Waals surface area contributed by atoms with Crippen molar-refractivity contribution >= 4 is 0 Å². The molecule has 1 aliphatic rings. The summed E-state index contributed by atoms with van der Waals surface area (Å²) in [7, 11) is 0. The molecule has 0 spiro atoms. The molecule has 0 aliphatic heterocycles. The van der Waals surface area contributed by atoms with E-state index in [2.05, 4.69) is 16.5 Å². The second kappa shape index (κ2) is 4.13. The Hall–Kier alpha value is -0.830. The molecule has 3 nitrogen and oxygen atoms in total. The Bertz CT molecular complexity index is 286. The third kappa shape index (κ3) is 1.69. The molecule has 1 saturated carbocycles. The monoisotopic (exact) mass is 193 g/mol. The zero-order chi connectivity index (χ0) is 9.97. The predicted octanol–water partition coefficient (Wildman–Crippen LogP) is 1.88. The van der Waals surface area contributed by atoms with Crippen molar-refractivity contribution in [1.82, 2.24) is 9.55 Å². The van der Waals surface area contributed by atoms with Crippen molar-refractivity contribution in [2.75, 3.05) is 6.54 Å². The normalized spacial score (nSPS) is 20.1. The minimum absolute atomic E-state index is 0.472. The largest absolute Gasteiger partial charge is 0.330 e. The van der Waals surface area contributed by atoms with Gasteiger partial charge in [0.05, 0.1) is 6.33 Å². The van der Waals surface area contributed by atoms with Crippen molar-refractivity contribution in [3.8, 4) is 0 Å². The van der Waals surface area contributed by atoms with Crippen molar-refractivity contribution in [2.24, 2.45) is 11.7 Å². The van der Waals surface area contributed by atoms with Gasteiger partial charge >= 0.3 is 0 Å². The lowest BCUT2D eigenvalue weighted by molar-refractivity contribution is 0.337. The van der Waals surface area contributed by atoms with Gasteiger partial charge in [0.2, 0.25) is 0 Å². The van der Waals surface area contributed by atoms with Crippen LogP contribution < -0.4 is 5.73 Å². The number of hydrogen-bond donors (Lipinski definition) is 1. The second-order valence-electron chi connectivity index (χ2n) is 4.29. The Balaban J connectivity index is 2.16. The van der Waals surface area contributed by atoms with Gasteiger partial charge in [0.25, 0.3) is 0 Å². The molecule has 1 aromatic rings. The van der Waals surface area contributed by atoms with E-state index >= 15 is 0 Å². The molecular formula is C11H19N3. The fourth-order valence-electron chi connectivity index (χ4n) is 2.59. The van der Waals surface area contributed by atoms with Crippen molar-refractivity contribution in [3.63, 3.8) is 0 Å². The molecular weight excluding hydrogens is 174 g/mol. The maximum absolute atomic E-state index is 5.86. The highest BCUT2D eigenvalue weighted by Crippen LogP contribution is 2.34. The van der Waals surface area contributed by atoms with Crippen LogP contribution >= 0.6 is 0 Å². The van der Waals surface area contributed by atoms with Gasteiger partial charge in [-0.05, 0) is 25.7 Å². The summed E-state index contributed by atoms with van der Waals surface area (Å²) in [5.74, 6) is 0.771. The van der Waals surface area contributed by atoms with Crippen LogP contribution in [0.3, 0.4) is 0 Å². The molecule has 0 aromatic carbocycles. The number of imidazole rings is 1. The molecule has 2 rings (SSSR count). The van der Waals surface area contributed by atoms with Gasteiger partial charge in [-0.1, -0.05) is 12.8 Å². The number of nitrogens with two attached hydrogens (primary N) is 1. The maximum atomic E-state index is 5.86. The van der Waals surface area contributed by atoms with Gasteiger partial charge in [0, 0.05) is 24.5 Å². The van der Waals surface area contributed by atoms with E-state index in [1.54, 1.807) is 0 Å². The quantitative estimate of drug-likeness (QED) is 0.796. The van der Waals surface area contributed by atoms with Gasteiger partial charge in [0.1, 0.15) is 0 Å². The molecule has 1 atom stereocenters. The number of aryl methyl sites for hydroxylation is 1. The summed E-state index contributed by atoms with van der Waals surface area (Å²) in [6.45, 7) is 2.84. The average molecular weight is 193 g/mol. The summed E-state index contributed by atoms with van der Waals surface area (Å²) in [6.07, 6.45) is 9.24. The zero-order valence-electron chi connectivity index (χ0n) is 8.82. The fourth-order valence-corrected chi connectivity index (χ4v) is 2.59. The molecule has 1 unspecified atom stereocenters. The minimum Gasteiger partial charge on any atom is -0.330 e. The van der Waals surface area contributed by atoms with Crippen LogP contribution in [0.15, 0.2) is 12.5 Å². The number of aromatic nitrogens is 2. The Labute approximate surface area is 85.3 Å². The third-order valence-corrected chi connectivity index (χ3v) is 3.40. The van der Waals surface area contributed by atoms with E-state index < -0.39 is 0 Å². The van der Waals surface area contributed by atoms with Gasteiger partial charge in [-0.25, -0.2) is 4.98 Å². The van der Waals surface area contributed by atoms with Crippen LogP contribution in [0.1, 0.15) is 37.4 Å². The molecule has 14 heavy (non-hydrogen) atoms. The SMILES string of the molecule is Cc1cncn1C(CN)C1CCCC1. The lowest BCUT2D eigenvalue weighted by atomic mass is 9.98. The third-order valence-electron chi connectivity index (χ3n) is 3.40. The van der Waals surface area contributed by atoms with Crippen molar-refractivity contribution < 1.29 is 0 Å². The molecule has 0 radical (unpaired) electrons. The molecule has 0 saturated heterocycles. The minimum atomic E-state index is 0.472. The molecule has 78 valence electrons. The van der Waals surface area contributed by atoms with E-state index in [4.69, 9.17) is 5.73 Å². The first-order chi connectivity index (χ1) is 6.83. The van der Waals surface area contributed by atoms with Crippen LogP contribution in [0.5, 0.6) is 0 Å². The molecule has 2 N–H and O–H groups in total. The first-order valence-electron chi connectivity index (χ1n) is 5.51. The summed E-state index contributed by atoms with van der Waals surface area (Å²) in [6, 6.07) is 0.472. The van der Waals surface area contributed by atoms with Crippen LogP contribution in [0.25, 0.3) is 0 Å². The first-order valence-corrected chi connectivity index (χ1v) is 5.51. The van der Waals surface area contributed by atoms with E-state index in [0.717, 1.165) is 12.5 Å². The molecule has 1 aliphatic carbocycles. The smallest absolute Gasteiger partial charge is 0.0951 e. The maximum Gasteiger partial charge on any atom is 0.0951 e. The highest BCUT2D eigenvalue weighted by atomic mass is 15.1. The van der Waals surface area contributed by atoms with Gasteiger partial charge in [0.15, 0.2) is 0 Å². The first kappa shape index (κ1) is 9.71. The molecule has 1 heterocycles. The molecule has 0 amide bonds. The van der Waals surface area contributed by atoms with Crippen molar-refractivity contribution in [3.05, 3.63) is 18.2 Å². The average Bonchev–Trinajstić information content (AvgIpc) is 2.80. The number of hydrogen-bond acceptors (Lipinski definition) is 2. The van der Waals surface area contributed by atoms with Gasteiger partial charge < -0.3 is 10.3 Å². The molecule has 1 aromatic heterocycles. The summed E-state index contributed by atoms with van der Waals surface area (Å²) in [5.41, 5.74) is 7.09. The highest BCUT2D eigenvalue weighted by Gasteiger charge is 2.25. The van der Waals surface area contributed by atoms with Crippen LogP contribution in [-0.2, 0) is 0 Å². The van der Waals surface area contributed by atoms with Crippen LogP contribution in [0.4, 0.5) is 0 Å².